The van der Waals surface area contributed by atoms with E-state index in [1.54, 1.807) is 17.0 Å². The molecule has 1 heterocycles. The third kappa shape index (κ3) is 4.59. The minimum Gasteiger partial charge on any atom is -0.465 e. The van der Waals surface area contributed by atoms with E-state index in [1.165, 1.54) is 26.4 Å². The number of amides is 1. The molecule has 21 heavy (non-hydrogen) atoms. The van der Waals surface area contributed by atoms with Gasteiger partial charge in [0.25, 0.3) is 0 Å². The lowest BCUT2D eigenvalue weighted by Gasteiger charge is -2.04. The van der Waals surface area contributed by atoms with Crippen LogP contribution >= 0.6 is 0 Å². The minimum absolute atomic E-state index is 0.210. The van der Waals surface area contributed by atoms with Gasteiger partial charge < -0.3 is 14.4 Å². The molecule has 1 amide bonds. The molecule has 6 heteroatoms. The van der Waals surface area contributed by atoms with E-state index in [0.29, 0.717) is 5.91 Å². The maximum atomic E-state index is 11.2. The van der Waals surface area contributed by atoms with Gasteiger partial charge in [-0.05, 0) is 18.6 Å². The number of carbonyl (C=O) groups excluding carboxylic acids is 3. The fourth-order valence-electron chi connectivity index (χ4n) is 1.84. The van der Waals surface area contributed by atoms with Gasteiger partial charge in [-0.15, -0.1) is 0 Å². The van der Waals surface area contributed by atoms with Gasteiger partial charge in [-0.2, -0.15) is 0 Å². The molecule has 1 aromatic carbocycles. The van der Waals surface area contributed by atoms with Crippen molar-refractivity contribution in [2.24, 2.45) is 0 Å². The zero-order chi connectivity index (χ0) is 15.8. The monoisotopic (exact) mass is 293 g/mol. The van der Waals surface area contributed by atoms with E-state index in [1.807, 2.05) is 7.05 Å². The third-order valence-corrected chi connectivity index (χ3v) is 3.05. The maximum absolute atomic E-state index is 11.2. The van der Waals surface area contributed by atoms with Crippen LogP contribution in [0.15, 0.2) is 24.3 Å². The molecule has 1 saturated heterocycles. The van der Waals surface area contributed by atoms with Crippen molar-refractivity contribution < 1.29 is 23.9 Å². The molecule has 0 spiro atoms. The number of hydrogen-bond donors (Lipinski definition) is 0. The first-order valence-corrected chi connectivity index (χ1v) is 6.51. The smallest absolute Gasteiger partial charge is 0.338 e. The Labute approximate surface area is 123 Å². The van der Waals surface area contributed by atoms with Gasteiger partial charge in [0.1, 0.15) is 0 Å². The Balaban J connectivity index is 0.000000262. The predicted molar refractivity (Wildman–Crippen MR) is 76.0 cm³/mol. The molecular formula is C15H19NO5. The van der Waals surface area contributed by atoms with E-state index in [4.69, 9.17) is 0 Å². The molecular weight excluding hydrogens is 274 g/mol. The molecule has 0 saturated carbocycles. The van der Waals surface area contributed by atoms with Crippen LogP contribution in [0.1, 0.15) is 33.6 Å². The number of benzene rings is 1. The van der Waals surface area contributed by atoms with E-state index in [-0.39, 0.29) is 11.1 Å². The van der Waals surface area contributed by atoms with Crippen LogP contribution in [-0.2, 0) is 14.3 Å². The van der Waals surface area contributed by atoms with Gasteiger partial charge in [0.15, 0.2) is 0 Å². The quantitative estimate of drug-likeness (QED) is 0.773. The SMILES string of the molecule is CN1CCCC1=O.COC(=O)c1ccccc1C(=O)OC. The van der Waals surface area contributed by atoms with Crippen molar-refractivity contribution in [3.05, 3.63) is 35.4 Å². The van der Waals surface area contributed by atoms with Crippen molar-refractivity contribution in [3.8, 4) is 0 Å². The van der Waals surface area contributed by atoms with Crippen molar-refractivity contribution in [1.82, 2.24) is 4.90 Å². The number of rotatable bonds is 2. The van der Waals surface area contributed by atoms with Crippen molar-refractivity contribution >= 4 is 17.8 Å². The molecule has 0 bridgehead atoms. The summed E-state index contributed by atoms with van der Waals surface area (Å²) in [6.07, 6.45) is 1.81. The molecule has 0 aromatic heterocycles. The highest BCUT2D eigenvalue weighted by Gasteiger charge is 2.16. The molecule has 1 aliphatic heterocycles. The highest BCUT2D eigenvalue weighted by Crippen LogP contribution is 2.10. The second-order valence-corrected chi connectivity index (χ2v) is 4.45. The molecule has 0 N–H and O–H groups in total. The summed E-state index contributed by atoms with van der Waals surface area (Å²) in [6.45, 7) is 0.957. The molecule has 0 unspecified atom stereocenters. The standard InChI is InChI=1S/C10H10O4.C5H9NO/c1-13-9(11)7-5-3-4-6-8(7)10(12)14-2;1-6-4-2-3-5(6)7/h3-6H,1-2H3;2-4H2,1H3. The van der Waals surface area contributed by atoms with Crippen LogP contribution in [0.2, 0.25) is 0 Å². The van der Waals surface area contributed by atoms with Crippen LogP contribution in [0.5, 0.6) is 0 Å². The Bertz CT molecular complexity index is 492. The van der Waals surface area contributed by atoms with Gasteiger partial charge in [-0.1, -0.05) is 12.1 Å². The van der Waals surface area contributed by atoms with Crippen molar-refractivity contribution in [1.29, 1.82) is 0 Å². The van der Waals surface area contributed by atoms with E-state index in [9.17, 15) is 14.4 Å². The van der Waals surface area contributed by atoms with Crippen LogP contribution in [0.4, 0.5) is 0 Å². The lowest BCUT2D eigenvalue weighted by molar-refractivity contribution is -0.126. The van der Waals surface area contributed by atoms with Crippen molar-refractivity contribution in [2.75, 3.05) is 27.8 Å². The van der Waals surface area contributed by atoms with Crippen LogP contribution in [0, 0.1) is 0 Å². The fraction of sp³-hybridized carbons (Fsp3) is 0.400. The summed E-state index contributed by atoms with van der Waals surface area (Å²) in [4.78, 5) is 34.7. The summed E-state index contributed by atoms with van der Waals surface area (Å²) < 4.78 is 9.05. The first-order valence-electron chi connectivity index (χ1n) is 6.51. The van der Waals surface area contributed by atoms with E-state index in [2.05, 4.69) is 9.47 Å². The second kappa shape index (κ2) is 8.04. The molecule has 1 aliphatic rings. The zero-order valence-corrected chi connectivity index (χ0v) is 12.4. The summed E-state index contributed by atoms with van der Waals surface area (Å²) in [7, 11) is 4.36. The summed E-state index contributed by atoms with van der Waals surface area (Å²) >= 11 is 0. The Morgan fingerprint density at radius 2 is 1.52 bits per heavy atom. The van der Waals surface area contributed by atoms with Crippen LogP contribution in [0.25, 0.3) is 0 Å². The maximum Gasteiger partial charge on any atom is 0.338 e. The number of carbonyl (C=O) groups is 3. The lowest BCUT2D eigenvalue weighted by atomic mass is 10.1. The number of methoxy groups -OCH3 is 2. The van der Waals surface area contributed by atoms with Gasteiger partial charge in [0.2, 0.25) is 5.91 Å². The van der Waals surface area contributed by atoms with Gasteiger partial charge in [0.05, 0.1) is 25.3 Å². The summed E-state index contributed by atoms with van der Waals surface area (Å²) in [5, 5.41) is 0. The highest BCUT2D eigenvalue weighted by atomic mass is 16.5. The van der Waals surface area contributed by atoms with Crippen LogP contribution in [0.3, 0.4) is 0 Å². The molecule has 6 nitrogen and oxygen atoms in total. The highest BCUT2D eigenvalue weighted by molar-refractivity contribution is 6.03. The number of hydrogen-bond acceptors (Lipinski definition) is 5. The van der Waals surface area contributed by atoms with E-state index < -0.39 is 11.9 Å². The van der Waals surface area contributed by atoms with Gasteiger partial charge in [0, 0.05) is 20.0 Å². The van der Waals surface area contributed by atoms with Gasteiger partial charge in [-0.25, -0.2) is 9.59 Å². The number of esters is 2. The molecule has 2 rings (SSSR count). The summed E-state index contributed by atoms with van der Waals surface area (Å²) in [5.41, 5.74) is 0.420. The topological polar surface area (TPSA) is 72.9 Å². The molecule has 0 radical (unpaired) electrons. The fourth-order valence-corrected chi connectivity index (χ4v) is 1.84. The van der Waals surface area contributed by atoms with Crippen LogP contribution < -0.4 is 0 Å². The summed E-state index contributed by atoms with van der Waals surface area (Å²) in [6, 6.07) is 6.33. The van der Waals surface area contributed by atoms with Crippen LogP contribution in [-0.4, -0.2) is 50.6 Å². The summed E-state index contributed by atoms with van der Waals surface area (Å²) in [5.74, 6) is -0.808. The van der Waals surface area contributed by atoms with E-state index >= 15 is 0 Å². The first kappa shape index (κ1) is 16.7. The van der Waals surface area contributed by atoms with Crippen molar-refractivity contribution in [3.63, 3.8) is 0 Å². The number of ether oxygens (including phenoxy) is 2. The van der Waals surface area contributed by atoms with Gasteiger partial charge >= 0.3 is 11.9 Å². The number of nitrogens with zero attached hydrogens (tertiary/aromatic N) is 1. The Kier molecular flexibility index (Phi) is 6.39. The molecule has 0 atom stereocenters. The van der Waals surface area contributed by atoms with E-state index in [0.717, 1.165) is 19.4 Å². The molecule has 1 aromatic rings. The normalized spacial score (nSPS) is 13.3. The molecule has 114 valence electrons. The van der Waals surface area contributed by atoms with Gasteiger partial charge in [-0.3, -0.25) is 4.79 Å². The number of likely N-dealkylation sites (tertiary alicyclic amines) is 1. The minimum atomic E-state index is -0.550. The zero-order valence-electron chi connectivity index (χ0n) is 12.4. The lowest BCUT2D eigenvalue weighted by Crippen LogP contribution is -2.17. The Morgan fingerprint density at radius 3 is 1.76 bits per heavy atom. The average molecular weight is 293 g/mol. The molecule has 1 fully saturated rings. The largest absolute Gasteiger partial charge is 0.465 e. The van der Waals surface area contributed by atoms with Crippen molar-refractivity contribution in [2.45, 2.75) is 12.8 Å². The third-order valence-electron chi connectivity index (χ3n) is 3.05. The molecule has 0 aliphatic carbocycles. The Hall–Kier alpha value is -2.37. The average Bonchev–Trinajstić information content (AvgIpc) is 2.90. The predicted octanol–water partition coefficient (Wildman–Crippen LogP) is 1.50. The Morgan fingerprint density at radius 1 is 1.05 bits per heavy atom. The second-order valence-electron chi connectivity index (χ2n) is 4.45. The first-order chi connectivity index (χ1) is 10.0.